The molecule has 0 aromatic heterocycles. The van der Waals surface area contributed by atoms with E-state index in [1.54, 1.807) is 25.9 Å². The lowest BCUT2D eigenvalue weighted by Crippen LogP contribution is -2.21. The van der Waals surface area contributed by atoms with Gasteiger partial charge in [-0.2, -0.15) is 0 Å². The van der Waals surface area contributed by atoms with Crippen LogP contribution in [0.2, 0.25) is 0 Å². The highest BCUT2D eigenvalue weighted by atomic mass is 79.9. The fourth-order valence-electron chi connectivity index (χ4n) is 1.61. The molecule has 1 rings (SSSR count). The molecule has 0 aliphatic heterocycles. The fraction of sp³-hybridized carbons (Fsp3) is 0.500. The highest BCUT2D eigenvalue weighted by Gasteiger charge is 2.10. The lowest BCUT2D eigenvalue weighted by Gasteiger charge is -2.14. The van der Waals surface area contributed by atoms with Gasteiger partial charge in [0, 0.05) is 30.6 Å². The normalized spacial score (nSPS) is 12.1. The highest BCUT2D eigenvalue weighted by molar-refractivity contribution is 9.10. The minimum Gasteiger partial charge on any atom is -0.493 e. The van der Waals surface area contributed by atoms with Crippen molar-refractivity contribution in [2.75, 3.05) is 20.7 Å². The third-order valence-corrected chi connectivity index (χ3v) is 3.21. The Bertz CT molecular complexity index is 433. The molecule has 0 heterocycles. The predicted octanol–water partition coefficient (Wildman–Crippen LogP) is 2.75. The molecule has 0 bridgehead atoms. The maximum absolute atomic E-state index is 11.4. The fourth-order valence-corrected chi connectivity index (χ4v) is 1.95. The van der Waals surface area contributed by atoms with Crippen molar-refractivity contribution >= 4 is 21.8 Å². The van der Waals surface area contributed by atoms with Gasteiger partial charge < -0.3 is 14.7 Å². The predicted molar refractivity (Wildman–Crippen MR) is 78.2 cm³/mol. The van der Waals surface area contributed by atoms with E-state index in [1.165, 1.54) is 0 Å². The first-order chi connectivity index (χ1) is 8.91. The SMILES string of the molecule is C[C@H](O)c1ccc(Br)cc1OCCCC(=O)N(C)C. The van der Waals surface area contributed by atoms with Crippen LogP contribution in [0.4, 0.5) is 0 Å². The summed E-state index contributed by atoms with van der Waals surface area (Å²) < 4.78 is 6.55. The quantitative estimate of drug-likeness (QED) is 0.816. The van der Waals surface area contributed by atoms with Crippen molar-refractivity contribution < 1.29 is 14.6 Å². The van der Waals surface area contributed by atoms with E-state index in [1.807, 2.05) is 18.2 Å². The molecule has 1 amide bonds. The monoisotopic (exact) mass is 329 g/mol. The molecule has 106 valence electrons. The molecule has 0 aliphatic rings. The molecule has 4 nitrogen and oxygen atoms in total. The molecular weight excluding hydrogens is 310 g/mol. The standard InChI is InChI=1S/C14H20BrNO3/c1-10(17)12-7-6-11(15)9-13(12)19-8-4-5-14(18)16(2)3/h6-7,9-10,17H,4-5,8H2,1-3H3/t10-/m0/s1. The molecule has 1 atom stereocenters. The van der Waals surface area contributed by atoms with Crippen LogP contribution in [0, 0.1) is 0 Å². The van der Waals surface area contributed by atoms with E-state index in [0.717, 1.165) is 10.0 Å². The Labute approximate surface area is 122 Å². The molecule has 0 saturated heterocycles. The van der Waals surface area contributed by atoms with Crippen LogP contribution < -0.4 is 4.74 Å². The van der Waals surface area contributed by atoms with Gasteiger partial charge in [0.25, 0.3) is 0 Å². The van der Waals surface area contributed by atoms with Gasteiger partial charge in [0.15, 0.2) is 0 Å². The summed E-state index contributed by atoms with van der Waals surface area (Å²) in [4.78, 5) is 13.0. The van der Waals surface area contributed by atoms with Gasteiger partial charge >= 0.3 is 0 Å². The Morgan fingerprint density at radius 1 is 1.47 bits per heavy atom. The topological polar surface area (TPSA) is 49.8 Å². The van der Waals surface area contributed by atoms with Crippen molar-refractivity contribution in [1.82, 2.24) is 4.90 Å². The second-order valence-electron chi connectivity index (χ2n) is 4.60. The van der Waals surface area contributed by atoms with Gasteiger partial charge in [0.2, 0.25) is 5.91 Å². The van der Waals surface area contributed by atoms with E-state index in [9.17, 15) is 9.90 Å². The van der Waals surface area contributed by atoms with Crippen LogP contribution in [-0.2, 0) is 4.79 Å². The van der Waals surface area contributed by atoms with Gasteiger partial charge in [-0.15, -0.1) is 0 Å². The van der Waals surface area contributed by atoms with E-state index < -0.39 is 6.10 Å². The lowest BCUT2D eigenvalue weighted by atomic mass is 10.1. The van der Waals surface area contributed by atoms with Crippen LogP contribution in [0.25, 0.3) is 0 Å². The number of amides is 1. The van der Waals surface area contributed by atoms with Gasteiger partial charge in [0.1, 0.15) is 5.75 Å². The van der Waals surface area contributed by atoms with Crippen molar-refractivity contribution in [2.45, 2.75) is 25.9 Å². The largest absolute Gasteiger partial charge is 0.493 e. The molecule has 0 spiro atoms. The minimum absolute atomic E-state index is 0.0913. The smallest absolute Gasteiger partial charge is 0.222 e. The maximum Gasteiger partial charge on any atom is 0.222 e. The zero-order valence-corrected chi connectivity index (χ0v) is 13.1. The Hall–Kier alpha value is -1.07. The third kappa shape index (κ3) is 5.20. The number of ether oxygens (including phenoxy) is 1. The first-order valence-corrected chi connectivity index (χ1v) is 7.01. The molecule has 0 radical (unpaired) electrons. The molecule has 1 aromatic rings. The summed E-state index contributed by atoms with van der Waals surface area (Å²) in [7, 11) is 3.48. The number of nitrogens with zero attached hydrogens (tertiary/aromatic N) is 1. The number of hydrogen-bond acceptors (Lipinski definition) is 3. The van der Waals surface area contributed by atoms with Crippen molar-refractivity contribution in [3.05, 3.63) is 28.2 Å². The number of aliphatic hydroxyl groups excluding tert-OH is 1. The first-order valence-electron chi connectivity index (χ1n) is 6.22. The average Bonchev–Trinajstić information content (AvgIpc) is 2.33. The number of halogens is 1. The number of aliphatic hydroxyl groups is 1. The van der Waals surface area contributed by atoms with Crippen LogP contribution >= 0.6 is 15.9 Å². The number of hydrogen-bond donors (Lipinski definition) is 1. The van der Waals surface area contributed by atoms with Crippen LogP contribution in [0.15, 0.2) is 22.7 Å². The molecule has 0 saturated carbocycles. The minimum atomic E-state index is -0.577. The molecular formula is C14H20BrNO3. The summed E-state index contributed by atoms with van der Waals surface area (Å²) in [5, 5.41) is 9.66. The average molecular weight is 330 g/mol. The number of carbonyl (C=O) groups is 1. The van der Waals surface area contributed by atoms with Crippen molar-refractivity contribution in [3.8, 4) is 5.75 Å². The van der Waals surface area contributed by atoms with E-state index in [-0.39, 0.29) is 5.91 Å². The Balaban J connectivity index is 2.53. The molecule has 1 aromatic carbocycles. The van der Waals surface area contributed by atoms with Crippen molar-refractivity contribution in [2.24, 2.45) is 0 Å². The summed E-state index contributed by atoms with van der Waals surface area (Å²) >= 11 is 3.37. The molecule has 19 heavy (non-hydrogen) atoms. The van der Waals surface area contributed by atoms with Gasteiger partial charge in [-0.1, -0.05) is 22.0 Å². The van der Waals surface area contributed by atoms with Gasteiger partial charge in [-0.05, 0) is 25.5 Å². The summed E-state index contributed by atoms with van der Waals surface area (Å²) in [5.74, 6) is 0.746. The van der Waals surface area contributed by atoms with E-state index in [4.69, 9.17) is 4.74 Å². The number of rotatable bonds is 6. The summed E-state index contributed by atoms with van der Waals surface area (Å²) in [6.07, 6.45) is 0.542. The first kappa shape index (κ1) is 16.0. The molecule has 0 fully saturated rings. The van der Waals surface area contributed by atoms with Crippen molar-refractivity contribution in [3.63, 3.8) is 0 Å². The van der Waals surface area contributed by atoms with Crippen LogP contribution in [0.5, 0.6) is 5.75 Å². The van der Waals surface area contributed by atoms with E-state index >= 15 is 0 Å². The lowest BCUT2D eigenvalue weighted by molar-refractivity contribution is -0.128. The van der Waals surface area contributed by atoms with Gasteiger partial charge in [-0.3, -0.25) is 4.79 Å². The molecule has 1 N–H and O–H groups in total. The molecule has 5 heteroatoms. The zero-order chi connectivity index (χ0) is 14.4. The van der Waals surface area contributed by atoms with Crippen LogP contribution in [0.1, 0.15) is 31.4 Å². The maximum atomic E-state index is 11.4. The summed E-state index contributed by atoms with van der Waals surface area (Å²) in [6.45, 7) is 2.15. The van der Waals surface area contributed by atoms with Crippen LogP contribution in [0.3, 0.4) is 0 Å². The Kier molecular flexibility index (Phi) is 6.31. The third-order valence-electron chi connectivity index (χ3n) is 2.72. The highest BCUT2D eigenvalue weighted by Crippen LogP contribution is 2.28. The van der Waals surface area contributed by atoms with Gasteiger partial charge in [-0.25, -0.2) is 0 Å². The Morgan fingerprint density at radius 3 is 2.74 bits per heavy atom. The van der Waals surface area contributed by atoms with E-state index in [2.05, 4.69) is 15.9 Å². The number of benzene rings is 1. The van der Waals surface area contributed by atoms with Crippen LogP contribution in [-0.4, -0.2) is 36.6 Å². The van der Waals surface area contributed by atoms with Gasteiger partial charge in [0.05, 0.1) is 12.7 Å². The van der Waals surface area contributed by atoms with Crippen molar-refractivity contribution in [1.29, 1.82) is 0 Å². The summed E-state index contributed by atoms with van der Waals surface area (Å²) in [5.41, 5.74) is 0.752. The molecule has 0 aliphatic carbocycles. The summed E-state index contributed by atoms with van der Waals surface area (Å²) in [6, 6.07) is 5.52. The second-order valence-corrected chi connectivity index (χ2v) is 5.51. The zero-order valence-electron chi connectivity index (χ0n) is 11.5. The second kappa shape index (κ2) is 7.50. The Morgan fingerprint density at radius 2 is 2.16 bits per heavy atom. The number of carbonyl (C=O) groups excluding carboxylic acids is 1. The van der Waals surface area contributed by atoms with E-state index in [0.29, 0.717) is 25.2 Å². The molecule has 0 unspecified atom stereocenters.